The average Bonchev–Trinajstić information content (AvgIpc) is 2.47. The van der Waals surface area contributed by atoms with E-state index in [9.17, 15) is 18.4 Å². The topological polar surface area (TPSA) is 68.5 Å². The molecule has 2 rings (SSSR count). The second-order valence-electron chi connectivity index (χ2n) is 4.77. The molecular formula is C15H12BrF2NO4. The lowest BCUT2D eigenvalue weighted by Gasteiger charge is -2.13. The van der Waals surface area contributed by atoms with Gasteiger partial charge in [-0.15, -0.1) is 0 Å². The number of carboxylic acids is 1. The number of aliphatic carboxylic acids is 1. The Morgan fingerprint density at radius 3 is 2.65 bits per heavy atom. The third-order valence-electron chi connectivity index (χ3n) is 3.11. The summed E-state index contributed by atoms with van der Waals surface area (Å²) >= 11 is 3.05. The zero-order chi connectivity index (χ0) is 17.1. The SMILES string of the molecule is Cc1cc(OCc2ccc(F)cc2F)c(Br)c(=O)n1CC(=O)O. The summed E-state index contributed by atoms with van der Waals surface area (Å²) in [4.78, 5) is 22.9. The van der Waals surface area contributed by atoms with Crippen molar-refractivity contribution < 1.29 is 23.4 Å². The zero-order valence-corrected chi connectivity index (χ0v) is 13.6. The highest BCUT2D eigenvalue weighted by atomic mass is 79.9. The Hall–Kier alpha value is -2.22. The number of aryl methyl sites for hydroxylation is 1. The van der Waals surface area contributed by atoms with Gasteiger partial charge in [-0.25, -0.2) is 8.78 Å². The van der Waals surface area contributed by atoms with E-state index in [1.807, 2.05) is 0 Å². The summed E-state index contributed by atoms with van der Waals surface area (Å²) in [6.07, 6.45) is 0. The largest absolute Gasteiger partial charge is 0.487 e. The van der Waals surface area contributed by atoms with Gasteiger partial charge in [0.25, 0.3) is 5.56 Å². The monoisotopic (exact) mass is 387 g/mol. The molecular weight excluding hydrogens is 376 g/mol. The van der Waals surface area contributed by atoms with Crippen LogP contribution in [-0.2, 0) is 17.9 Å². The van der Waals surface area contributed by atoms with E-state index in [1.165, 1.54) is 12.1 Å². The van der Waals surface area contributed by atoms with Crippen molar-refractivity contribution in [3.63, 3.8) is 0 Å². The Bertz CT molecular complexity index is 820. The van der Waals surface area contributed by atoms with Crippen molar-refractivity contribution in [1.29, 1.82) is 0 Å². The van der Waals surface area contributed by atoms with Gasteiger partial charge >= 0.3 is 5.97 Å². The van der Waals surface area contributed by atoms with Crippen LogP contribution in [0.1, 0.15) is 11.3 Å². The summed E-state index contributed by atoms with van der Waals surface area (Å²) in [5, 5.41) is 8.80. The Balaban J connectivity index is 2.27. The van der Waals surface area contributed by atoms with Crippen LogP contribution in [0.4, 0.5) is 8.78 Å². The first-order valence-corrected chi connectivity index (χ1v) is 7.27. The molecule has 0 atom stereocenters. The van der Waals surface area contributed by atoms with E-state index in [0.717, 1.165) is 16.7 Å². The molecule has 0 aliphatic heterocycles. The Morgan fingerprint density at radius 1 is 1.35 bits per heavy atom. The maximum absolute atomic E-state index is 13.6. The van der Waals surface area contributed by atoms with Crippen LogP contribution < -0.4 is 10.3 Å². The number of carbonyl (C=O) groups is 1. The predicted molar refractivity (Wildman–Crippen MR) is 81.5 cm³/mol. The lowest BCUT2D eigenvalue weighted by Crippen LogP contribution is -2.27. The highest BCUT2D eigenvalue weighted by Gasteiger charge is 2.14. The molecule has 0 amide bonds. The average molecular weight is 388 g/mol. The van der Waals surface area contributed by atoms with Crippen LogP contribution in [-0.4, -0.2) is 15.6 Å². The molecule has 0 bridgehead atoms. The van der Waals surface area contributed by atoms with Crippen LogP contribution in [0, 0.1) is 18.6 Å². The number of carboxylic acid groups (broad SMARTS) is 1. The van der Waals surface area contributed by atoms with Gasteiger partial charge in [-0.1, -0.05) is 0 Å². The zero-order valence-electron chi connectivity index (χ0n) is 12.0. The van der Waals surface area contributed by atoms with Crippen LogP contribution in [0.2, 0.25) is 0 Å². The first kappa shape index (κ1) is 17.1. The number of pyridine rings is 1. The molecule has 5 nitrogen and oxygen atoms in total. The molecule has 1 aromatic carbocycles. The van der Waals surface area contributed by atoms with Crippen molar-refractivity contribution in [3.05, 3.63) is 62.0 Å². The summed E-state index contributed by atoms with van der Waals surface area (Å²) in [6.45, 7) is 0.880. The van der Waals surface area contributed by atoms with Gasteiger partial charge in [0.15, 0.2) is 0 Å². The third kappa shape index (κ3) is 3.95. The van der Waals surface area contributed by atoms with E-state index in [1.54, 1.807) is 6.92 Å². The molecule has 0 aliphatic carbocycles. The normalized spacial score (nSPS) is 10.6. The van der Waals surface area contributed by atoms with Crippen molar-refractivity contribution in [2.45, 2.75) is 20.1 Å². The Kier molecular flexibility index (Phi) is 5.15. The Morgan fingerprint density at radius 2 is 2.04 bits per heavy atom. The number of hydrogen-bond donors (Lipinski definition) is 1. The van der Waals surface area contributed by atoms with Crippen LogP contribution in [0.3, 0.4) is 0 Å². The van der Waals surface area contributed by atoms with E-state index in [4.69, 9.17) is 9.84 Å². The van der Waals surface area contributed by atoms with Crippen LogP contribution >= 0.6 is 15.9 Å². The summed E-state index contributed by atoms with van der Waals surface area (Å²) in [5.41, 5.74) is -0.0529. The van der Waals surface area contributed by atoms with E-state index in [2.05, 4.69) is 15.9 Å². The van der Waals surface area contributed by atoms with Crippen molar-refractivity contribution in [2.24, 2.45) is 0 Å². The summed E-state index contributed by atoms with van der Waals surface area (Å²) in [5.74, 6) is -2.45. The smallest absolute Gasteiger partial charge is 0.323 e. The molecule has 1 heterocycles. The highest BCUT2D eigenvalue weighted by molar-refractivity contribution is 9.10. The van der Waals surface area contributed by atoms with Crippen LogP contribution in [0.15, 0.2) is 33.5 Å². The van der Waals surface area contributed by atoms with E-state index >= 15 is 0 Å². The fraction of sp³-hybridized carbons (Fsp3) is 0.200. The molecule has 0 fully saturated rings. The number of nitrogens with zero attached hydrogens (tertiary/aromatic N) is 1. The number of ether oxygens (including phenoxy) is 1. The number of aromatic nitrogens is 1. The maximum Gasteiger partial charge on any atom is 0.323 e. The second-order valence-corrected chi connectivity index (χ2v) is 5.57. The molecule has 23 heavy (non-hydrogen) atoms. The Labute approximate surface area is 138 Å². The fourth-order valence-corrected chi connectivity index (χ4v) is 2.39. The second kappa shape index (κ2) is 6.91. The molecule has 0 saturated heterocycles. The minimum atomic E-state index is -1.15. The molecule has 0 spiro atoms. The minimum Gasteiger partial charge on any atom is -0.487 e. The molecule has 0 radical (unpaired) electrons. The quantitative estimate of drug-likeness (QED) is 0.856. The molecule has 0 unspecified atom stereocenters. The lowest BCUT2D eigenvalue weighted by molar-refractivity contribution is -0.137. The van der Waals surface area contributed by atoms with Gasteiger partial charge in [0, 0.05) is 23.4 Å². The van der Waals surface area contributed by atoms with Gasteiger partial charge in [0.05, 0.1) is 0 Å². The fourth-order valence-electron chi connectivity index (χ4n) is 1.95. The summed E-state index contributed by atoms with van der Waals surface area (Å²) in [7, 11) is 0. The standard InChI is InChI=1S/C15H12BrF2NO4/c1-8-4-12(14(16)15(22)19(8)6-13(20)21)23-7-9-2-3-10(17)5-11(9)18/h2-5H,6-7H2,1H3,(H,20,21). The van der Waals surface area contributed by atoms with Crippen LogP contribution in [0.5, 0.6) is 5.75 Å². The molecule has 1 N–H and O–H groups in total. The molecule has 0 aliphatic rings. The minimum absolute atomic E-state index is 0.0341. The maximum atomic E-state index is 13.6. The number of benzene rings is 1. The van der Waals surface area contributed by atoms with Crippen molar-refractivity contribution in [3.8, 4) is 5.75 Å². The van der Waals surface area contributed by atoms with Gasteiger partial charge in [-0.2, -0.15) is 0 Å². The van der Waals surface area contributed by atoms with Crippen molar-refractivity contribution in [2.75, 3.05) is 0 Å². The summed E-state index contributed by atoms with van der Waals surface area (Å²) in [6, 6.07) is 4.56. The van der Waals surface area contributed by atoms with E-state index < -0.39 is 29.7 Å². The third-order valence-corrected chi connectivity index (χ3v) is 3.84. The summed E-state index contributed by atoms with van der Waals surface area (Å²) < 4.78 is 32.9. The van der Waals surface area contributed by atoms with Gasteiger partial charge in [0.1, 0.15) is 35.0 Å². The molecule has 122 valence electrons. The van der Waals surface area contributed by atoms with Gasteiger partial charge in [-0.3, -0.25) is 9.59 Å². The van der Waals surface area contributed by atoms with Gasteiger partial charge < -0.3 is 14.4 Å². The van der Waals surface area contributed by atoms with Gasteiger partial charge in [0.2, 0.25) is 0 Å². The van der Waals surface area contributed by atoms with E-state index in [-0.39, 0.29) is 22.4 Å². The van der Waals surface area contributed by atoms with Crippen molar-refractivity contribution >= 4 is 21.9 Å². The molecule has 8 heteroatoms. The van der Waals surface area contributed by atoms with Crippen LogP contribution in [0.25, 0.3) is 0 Å². The first-order valence-electron chi connectivity index (χ1n) is 6.48. The van der Waals surface area contributed by atoms with E-state index in [0.29, 0.717) is 5.69 Å². The highest BCUT2D eigenvalue weighted by Crippen LogP contribution is 2.24. The number of hydrogen-bond acceptors (Lipinski definition) is 3. The first-order chi connectivity index (χ1) is 10.8. The van der Waals surface area contributed by atoms with Crippen molar-refractivity contribution in [1.82, 2.24) is 4.57 Å². The number of halogens is 3. The number of rotatable bonds is 5. The van der Waals surface area contributed by atoms with Gasteiger partial charge in [-0.05, 0) is 35.0 Å². The predicted octanol–water partition coefficient (Wildman–Crippen LogP) is 2.86. The molecule has 2 aromatic rings. The molecule has 0 saturated carbocycles. The molecule has 1 aromatic heterocycles. The lowest BCUT2D eigenvalue weighted by atomic mass is 10.2.